The van der Waals surface area contributed by atoms with Gasteiger partial charge in [-0.25, -0.2) is 12.8 Å². The number of amides is 1. The Kier molecular flexibility index (Phi) is 4.25. The molecule has 0 spiro atoms. The van der Waals surface area contributed by atoms with Crippen molar-refractivity contribution in [1.82, 2.24) is 5.32 Å². The van der Waals surface area contributed by atoms with Crippen molar-refractivity contribution in [2.75, 3.05) is 11.5 Å². The minimum absolute atomic E-state index is 0.0750. The van der Waals surface area contributed by atoms with Crippen molar-refractivity contribution >= 4 is 31.7 Å². The normalized spacial score (nSPS) is 21.9. The van der Waals surface area contributed by atoms with Gasteiger partial charge in [0.25, 0.3) is 5.91 Å². The van der Waals surface area contributed by atoms with Gasteiger partial charge in [0.05, 0.1) is 17.1 Å². The van der Waals surface area contributed by atoms with Gasteiger partial charge in [0, 0.05) is 10.5 Å². The summed E-state index contributed by atoms with van der Waals surface area (Å²) in [4.78, 5) is 11.9. The highest BCUT2D eigenvalue weighted by Crippen LogP contribution is 2.17. The molecule has 1 heterocycles. The van der Waals surface area contributed by atoms with E-state index in [2.05, 4.69) is 21.2 Å². The molecule has 1 aliphatic rings. The van der Waals surface area contributed by atoms with Crippen LogP contribution in [0.25, 0.3) is 0 Å². The Balaban J connectivity index is 2.11. The Hall–Kier alpha value is -0.950. The molecule has 0 bridgehead atoms. The summed E-state index contributed by atoms with van der Waals surface area (Å²) in [5, 5.41) is 2.58. The summed E-state index contributed by atoms with van der Waals surface area (Å²) in [5.74, 6) is -1.13. The monoisotopic (exact) mass is 349 g/mol. The number of carbonyl (C=O) groups is 1. The van der Waals surface area contributed by atoms with E-state index in [1.807, 2.05) is 0 Å². The lowest BCUT2D eigenvalue weighted by molar-refractivity contribution is 0.0934. The fraction of sp³-hybridized carbons (Fsp3) is 0.417. The fourth-order valence-electron chi connectivity index (χ4n) is 2.07. The van der Waals surface area contributed by atoms with Gasteiger partial charge in [0.15, 0.2) is 9.84 Å². The summed E-state index contributed by atoms with van der Waals surface area (Å²) >= 11 is 3.17. The van der Waals surface area contributed by atoms with E-state index in [9.17, 15) is 17.6 Å². The highest BCUT2D eigenvalue weighted by atomic mass is 79.9. The van der Waals surface area contributed by atoms with Gasteiger partial charge in [-0.15, -0.1) is 0 Å². The molecule has 1 aromatic rings. The molecule has 0 saturated carbocycles. The number of benzene rings is 1. The van der Waals surface area contributed by atoms with Crippen molar-refractivity contribution in [3.8, 4) is 0 Å². The summed E-state index contributed by atoms with van der Waals surface area (Å²) in [6.45, 7) is 0. The minimum atomic E-state index is -3.10. The molecule has 1 saturated heterocycles. The predicted octanol–water partition coefficient (Wildman–Crippen LogP) is 1.90. The second-order valence-electron chi connectivity index (χ2n) is 4.55. The zero-order valence-electron chi connectivity index (χ0n) is 10.0. The molecule has 1 aliphatic heterocycles. The fourth-order valence-corrected chi connectivity index (χ4v) is 4.07. The third-order valence-corrected chi connectivity index (χ3v) is 5.29. The first kappa shape index (κ1) is 14.5. The Labute approximate surface area is 119 Å². The molecule has 7 heteroatoms. The summed E-state index contributed by atoms with van der Waals surface area (Å²) in [5.41, 5.74) is -0.0858. The highest BCUT2D eigenvalue weighted by molar-refractivity contribution is 9.10. The van der Waals surface area contributed by atoms with Crippen LogP contribution in [0.4, 0.5) is 4.39 Å². The zero-order chi connectivity index (χ0) is 14.0. The maximum absolute atomic E-state index is 13.5. The number of nitrogens with one attached hydrogen (secondary N) is 1. The van der Waals surface area contributed by atoms with Gasteiger partial charge in [-0.2, -0.15) is 0 Å². The number of rotatable bonds is 2. The van der Waals surface area contributed by atoms with Gasteiger partial charge < -0.3 is 5.32 Å². The molecule has 0 aromatic heterocycles. The van der Waals surface area contributed by atoms with Crippen LogP contribution >= 0.6 is 15.9 Å². The average molecular weight is 350 g/mol. The van der Waals surface area contributed by atoms with Crippen LogP contribution in [0.5, 0.6) is 0 Å². The molecule has 1 atom stereocenters. The maximum Gasteiger partial charge on any atom is 0.254 e. The van der Waals surface area contributed by atoms with Crippen molar-refractivity contribution in [2.24, 2.45) is 0 Å². The van der Waals surface area contributed by atoms with Gasteiger partial charge in [-0.05, 0) is 31.0 Å². The predicted molar refractivity (Wildman–Crippen MR) is 73.2 cm³/mol. The molecule has 1 N–H and O–H groups in total. The van der Waals surface area contributed by atoms with Crippen LogP contribution in [0.3, 0.4) is 0 Å². The second kappa shape index (κ2) is 5.58. The topological polar surface area (TPSA) is 63.2 Å². The molecule has 1 unspecified atom stereocenters. The number of halogens is 2. The Morgan fingerprint density at radius 3 is 2.84 bits per heavy atom. The van der Waals surface area contributed by atoms with Crippen molar-refractivity contribution < 1.29 is 17.6 Å². The van der Waals surface area contributed by atoms with Crippen molar-refractivity contribution in [2.45, 2.75) is 18.9 Å². The Morgan fingerprint density at radius 1 is 1.42 bits per heavy atom. The molecule has 104 valence electrons. The van der Waals surface area contributed by atoms with Crippen molar-refractivity contribution in [3.63, 3.8) is 0 Å². The molecule has 0 radical (unpaired) electrons. The molecule has 2 rings (SSSR count). The van der Waals surface area contributed by atoms with Crippen LogP contribution in [0.2, 0.25) is 0 Å². The van der Waals surface area contributed by atoms with E-state index >= 15 is 0 Å². The van der Waals surface area contributed by atoms with Gasteiger partial charge >= 0.3 is 0 Å². The van der Waals surface area contributed by atoms with E-state index in [4.69, 9.17) is 0 Å². The lowest BCUT2D eigenvalue weighted by Crippen LogP contribution is -2.43. The number of hydrogen-bond donors (Lipinski definition) is 1. The van der Waals surface area contributed by atoms with E-state index in [-0.39, 0.29) is 17.1 Å². The Morgan fingerprint density at radius 2 is 2.16 bits per heavy atom. The van der Waals surface area contributed by atoms with Gasteiger partial charge in [-0.3, -0.25) is 4.79 Å². The summed E-state index contributed by atoms with van der Waals surface area (Å²) in [7, 11) is -3.10. The first-order valence-electron chi connectivity index (χ1n) is 5.84. The SMILES string of the molecule is O=C(NC1CCCS(=O)(=O)C1)c1cc(Br)ccc1F. The number of carbonyl (C=O) groups excluding carboxylic acids is 1. The van der Waals surface area contributed by atoms with Crippen molar-refractivity contribution in [1.29, 1.82) is 0 Å². The third-order valence-electron chi connectivity index (χ3n) is 2.97. The van der Waals surface area contributed by atoms with Crippen LogP contribution in [-0.2, 0) is 9.84 Å². The lowest BCUT2D eigenvalue weighted by Gasteiger charge is -2.23. The molecular weight excluding hydrogens is 337 g/mol. The summed E-state index contributed by atoms with van der Waals surface area (Å²) in [6, 6.07) is 3.63. The quantitative estimate of drug-likeness (QED) is 0.886. The molecule has 1 aromatic carbocycles. The van der Waals surface area contributed by atoms with Crippen molar-refractivity contribution in [3.05, 3.63) is 34.1 Å². The van der Waals surface area contributed by atoms with Gasteiger partial charge in [0.1, 0.15) is 5.82 Å². The van der Waals surface area contributed by atoms with Gasteiger partial charge in [0.2, 0.25) is 0 Å². The first-order chi connectivity index (χ1) is 8.87. The van der Waals surface area contributed by atoms with E-state index in [1.165, 1.54) is 18.2 Å². The van der Waals surface area contributed by atoms with E-state index in [1.54, 1.807) is 0 Å². The van der Waals surface area contributed by atoms with Crippen LogP contribution in [0.15, 0.2) is 22.7 Å². The minimum Gasteiger partial charge on any atom is -0.348 e. The highest BCUT2D eigenvalue weighted by Gasteiger charge is 2.26. The first-order valence-corrected chi connectivity index (χ1v) is 8.45. The van der Waals surface area contributed by atoms with E-state index < -0.39 is 27.6 Å². The van der Waals surface area contributed by atoms with Crippen LogP contribution < -0.4 is 5.32 Å². The van der Waals surface area contributed by atoms with E-state index in [0.29, 0.717) is 17.3 Å². The molecular formula is C12H13BrFNO3S. The standard InChI is InChI=1S/C12H13BrFNO3S/c13-8-3-4-11(14)10(6-8)12(16)15-9-2-1-5-19(17,18)7-9/h3-4,6,9H,1-2,5,7H2,(H,15,16). The number of sulfone groups is 1. The van der Waals surface area contributed by atoms with Crippen LogP contribution in [0.1, 0.15) is 23.2 Å². The number of hydrogen-bond acceptors (Lipinski definition) is 3. The summed E-state index contributed by atoms with van der Waals surface area (Å²) in [6.07, 6.45) is 1.12. The molecule has 1 amide bonds. The molecule has 4 nitrogen and oxygen atoms in total. The lowest BCUT2D eigenvalue weighted by atomic mass is 10.1. The summed E-state index contributed by atoms with van der Waals surface area (Å²) < 4.78 is 37.1. The van der Waals surface area contributed by atoms with Crippen LogP contribution in [0, 0.1) is 5.82 Å². The second-order valence-corrected chi connectivity index (χ2v) is 7.70. The van der Waals surface area contributed by atoms with Gasteiger partial charge in [-0.1, -0.05) is 15.9 Å². The Bertz CT molecular complexity index is 603. The smallest absolute Gasteiger partial charge is 0.254 e. The maximum atomic E-state index is 13.5. The molecule has 0 aliphatic carbocycles. The van der Waals surface area contributed by atoms with Crippen LogP contribution in [-0.4, -0.2) is 31.9 Å². The molecule has 1 fully saturated rings. The van der Waals surface area contributed by atoms with E-state index in [0.717, 1.165) is 0 Å². The molecule has 19 heavy (non-hydrogen) atoms. The zero-order valence-corrected chi connectivity index (χ0v) is 12.4. The largest absolute Gasteiger partial charge is 0.348 e. The average Bonchev–Trinajstić information content (AvgIpc) is 2.31. The third kappa shape index (κ3) is 3.76.